The number of carbonyl (C=O) groups is 2. The van der Waals surface area contributed by atoms with E-state index >= 15 is 0 Å². The molecular weight excluding hydrogens is 976 g/mol. The van der Waals surface area contributed by atoms with E-state index in [0.717, 1.165) is 77.0 Å². The molecule has 0 saturated carbocycles. The van der Waals surface area contributed by atoms with Crippen molar-refractivity contribution in [2.24, 2.45) is 0 Å². The second kappa shape index (κ2) is 56.5. The second-order valence-corrected chi connectivity index (χ2v) is 23.9. The summed E-state index contributed by atoms with van der Waals surface area (Å²) in [6.07, 6.45) is 74.2. The van der Waals surface area contributed by atoms with Crippen LogP contribution in [0, 0.1) is 0 Å². The van der Waals surface area contributed by atoms with Gasteiger partial charge in [0.25, 0.3) is 7.82 Å². The molecule has 0 rings (SSSR count). The number of phosphoric acid groups is 1. The third-order valence-corrected chi connectivity index (χ3v) is 14.8. The fraction of sp³-hybridized carbons (Fsp3) is 0.761. The Balaban J connectivity index is 5.31. The number of nitrogens with zero attached hydrogens (tertiary/aromatic N) is 1. The molecule has 9 nitrogen and oxygen atoms in total. The summed E-state index contributed by atoms with van der Waals surface area (Å²) in [5.41, 5.74) is 0. The predicted molar refractivity (Wildman–Crippen MR) is 330 cm³/mol. The average molecular weight is 1100 g/mol. The Bertz CT molecular complexity index is 1590. The zero-order valence-corrected chi connectivity index (χ0v) is 51.8. The van der Waals surface area contributed by atoms with Crippen molar-refractivity contribution in [2.45, 2.75) is 290 Å². The Labute approximate surface area is 476 Å². The van der Waals surface area contributed by atoms with Gasteiger partial charge in [0.05, 0.1) is 33.8 Å². The lowest BCUT2D eigenvalue weighted by atomic mass is 10.0. The van der Waals surface area contributed by atoms with E-state index in [2.05, 4.69) is 99.0 Å². The molecule has 77 heavy (non-hydrogen) atoms. The topological polar surface area (TPSA) is 114 Å². The highest BCUT2D eigenvalue weighted by Crippen LogP contribution is 2.38. The third kappa shape index (κ3) is 57.7. The summed E-state index contributed by atoms with van der Waals surface area (Å²) < 4.78 is 30.3. The van der Waals surface area contributed by atoms with E-state index in [-0.39, 0.29) is 31.3 Å². The molecule has 3 atom stereocenters. The first kappa shape index (κ1) is 74.2. The van der Waals surface area contributed by atoms with Gasteiger partial charge in [-0.05, 0) is 96.0 Å². The number of amides is 1. The van der Waals surface area contributed by atoms with Gasteiger partial charge in [-0.25, -0.2) is 0 Å². The zero-order valence-electron chi connectivity index (χ0n) is 50.9. The Morgan fingerprint density at radius 2 is 0.844 bits per heavy atom. The van der Waals surface area contributed by atoms with Crippen LogP contribution in [0.3, 0.4) is 0 Å². The summed E-state index contributed by atoms with van der Waals surface area (Å²) in [4.78, 5) is 40.0. The van der Waals surface area contributed by atoms with E-state index in [1.807, 2.05) is 33.3 Å². The van der Waals surface area contributed by atoms with Crippen molar-refractivity contribution in [3.8, 4) is 0 Å². The maximum Gasteiger partial charge on any atom is 0.306 e. The van der Waals surface area contributed by atoms with Gasteiger partial charge in [0, 0.05) is 12.8 Å². The van der Waals surface area contributed by atoms with Crippen LogP contribution >= 0.6 is 7.82 Å². The van der Waals surface area contributed by atoms with Crippen LogP contribution < -0.4 is 10.2 Å². The second-order valence-electron chi connectivity index (χ2n) is 22.5. The molecule has 0 fully saturated rings. The summed E-state index contributed by atoms with van der Waals surface area (Å²) in [7, 11) is 1.14. The van der Waals surface area contributed by atoms with Crippen molar-refractivity contribution >= 4 is 19.7 Å². The minimum absolute atomic E-state index is 0.0357. The summed E-state index contributed by atoms with van der Waals surface area (Å²) in [6.45, 7) is 6.69. The smallest absolute Gasteiger partial charge is 0.306 e. The molecule has 10 heteroatoms. The van der Waals surface area contributed by atoms with Crippen LogP contribution in [0.1, 0.15) is 278 Å². The summed E-state index contributed by atoms with van der Waals surface area (Å²) in [5, 5.41) is 3.00. The van der Waals surface area contributed by atoms with E-state index in [9.17, 15) is 19.0 Å². The van der Waals surface area contributed by atoms with Crippen molar-refractivity contribution in [3.63, 3.8) is 0 Å². The van der Waals surface area contributed by atoms with Crippen LogP contribution in [0.4, 0.5) is 0 Å². The van der Waals surface area contributed by atoms with Gasteiger partial charge in [0.2, 0.25) is 5.91 Å². The molecule has 0 aromatic heterocycles. The Morgan fingerprint density at radius 1 is 0.468 bits per heavy atom. The fourth-order valence-electron chi connectivity index (χ4n) is 8.91. The maximum absolute atomic E-state index is 13.5. The first-order valence-corrected chi connectivity index (χ1v) is 33.4. The van der Waals surface area contributed by atoms with Gasteiger partial charge in [-0.15, -0.1) is 0 Å². The number of rotatable bonds is 57. The number of hydrogen-bond donors (Lipinski definition) is 1. The average Bonchev–Trinajstić information content (AvgIpc) is 3.39. The van der Waals surface area contributed by atoms with Crippen molar-refractivity contribution in [2.75, 3.05) is 40.9 Å². The largest absolute Gasteiger partial charge is 0.756 e. The quantitative estimate of drug-likeness (QED) is 0.0212. The Hall–Kier alpha value is -2.81. The lowest BCUT2D eigenvalue weighted by Gasteiger charge is -2.30. The minimum atomic E-state index is -4.72. The lowest BCUT2D eigenvalue weighted by Crippen LogP contribution is -2.47. The molecular formula is C67H121N2O7P. The highest BCUT2D eigenvalue weighted by atomic mass is 31.2. The van der Waals surface area contributed by atoms with Crippen LogP contribution in [0.5, 0.6) is 0 Å². The molecule has 0 saturated heterocycles. The molecule has 0 spiro atoms. The molecule has 1 amide bonds. The van der Waals surface area contributed by atoms with Gasteiger partial charge >= 0.3 is 5.97 Å². The van der Waals surface area contributed by atoms with Crippen LogP contribution in [0.25, 0.3) is 0 Å². The zero-order chi connectivity index (χ0) is 56.4. The maximum atomic E-state index is 13.5. The van der Waals surface area contributed by atoms with Crippen LogP contribution in [0.15, 0.2) is 85.1 Å². The SMILES string of the molecule is CC/C=C\C/C=C\C/C=C\C/C=C\C/C=C\CCCC(=O)NC(COP(=O)([O-])OCC[N+](C)(C)C)C(/C=C/CCCCCCCCCCCCC)OC(=O)CCCCCCCCCCCCC/C=C/CCCCCCCC. The molecule has 3 unspecified atom stereocenters. The number of ether oxygens (including phenoxy) is 1. The molecule has 0 radical (unpaired) electrons. The molecule has 1 N–H and O–H groups in total. The first-order chi connectivity index (χ1) is 37.4. The number of hydrogen-bond acceptors (Lipinski definition) is 7. The fourth-order valence-corrected chi connectivity index (χ4v) is 9.63. The predicted octanol–water partition coefficient (Wildman–Crippen LogP) is 19.1. The highest BCUT2D eigenvalue weighted by Gasteiger charge is 2.27. The Morgan fingerprint density at radius 3 is 1.29 bits per heavy atom. The van der Waals surface area contributed by atoms with Crippen molar-refractivity contribution in [1.29, 1.82) is 0 Å². The molecule has 0 aromatic rings. The molecule has 0 aliphatic carbocycles. The number of carbonyl (C=O) groups excluding carboxylic acids is 2. The lowest BCUT2D eigenvalue weighted by molar-refractivity contribution is -0.870. The first-order valence-electron chi connectivity index (χ1n) is 31.9. The van der Waals surface area contributed by atoms with E-state index in [4.69, 9.17) is 13.8 Å². The molecule has 0 bridgehead atoms. The van der Waals surface area contributed by atoms with Gasteiger partial charge in [-0.3, -0.25) is 14.2 Å². The summed E-state index contributed by atoms with van der Waals surface area (Å²) >= 11 is 0. The van der Waals surface area contributed by atoms with Crippen LogP contribution in [-0.2, 0) is 27.9 Å². The number of quaternary nitrogens is 1. The number of esters is 1. The third-order valence-electron chi connectivity index (χ3n) is 13.8. The van der Waals surface area contributed by atoms with Gasteiger partial charge in [-0.1, -0.05) is 254 Å². The van der Waals surface area contributed by atoms with Gasteiger partial charge in [-0.2, -0.15) is 0 Å². The van der Waals surface area contributed by atoms with Crippen LogP contribution in [-0.4, -0.2) is 69.4 Å². The van der Waals surface area contributed by atoms with E-state index in [0.29, 0.717) is 17.4 Å². The van der Waals surface area contributed by atoms with Crippen molar-refractivity contribution in [1.82, 2.24) is 5.32 Å². The Kier molecular flexibility index (Phi) is 54.4. The molecule has 0 aliphatic rings. The normalized spacial score (nSPS) is 14.2. The van der Waals surface area contributed by atoms with Gasteiger partial charge in [0.1, 0.15) is 19.3 Å². The number of phosphoric ester groups is 1. The number of allylic oxidation sites excluding steroid dienone is 13. The standard InChI is InChI=1S/C67H121N2O7P/c1-7-10-13-16-19-22-25-28-30-32-33-34-35-37-39-42-45-48-51-54-57-60-67(71)76-65(58-55-52-49-46-43-40-27-24-21-18-15-12-9-3)64(63-75-77(72,73)74-62-61-69(4,5)6)68-66(70)59-56-53-50-47-44-41-38-36-31-29-26-23-20-17-14-11-8-2/h11,14,20,23,28-31,38,41,47,50,55,58,64-65H,7-10,12-13,15-19,21-22,24-27,32-37,39-40,42-46,48-49,51-54,56-57,59-63H2,1-6H3,(H-,68,70,72,73)/b14-11-,23-20-,30-28+,31-29-,41-38-,50-47-,58-55+. The van der Waals surface area contributed by atoms with Crippen molar-refractivity contribution in [3.05, 3.63) is 85.1 Å². The molecule has 446 valence electrons. The molecule has 0 heterocycles. The molecule has 0 aliphatic heterocycles. The van der Waals surface area contributed by atoms with Crippen LogP contribution in [0.2, 0.25) is 0 Å². The van der Waals surface area contributed by atoms with Gasteiger partial charge in [0.15, 0.2) is 0 Å². The van der Waals surface area contributed by atoms with Gasteiger partial charge < -0.3 is 28.5 Å². The molecule has 0 aromatic carbocycles. The van der Waals surface area contributed by atoms with Crippen molar-refractivity contribution < 1.29 is 37.3 Å². The number of nitrogens with one attached hydrogen (secondary N) is 1. The summed E-state index contributed by atoms with van der Waals surface area (Å²) in [5.74, 6) is -0.607. The minimum Gasteiger partial charge on any atom is -0.756 e. The van der Waals surface area contributed by atoms with E-state index < -0.39 is 26.6 Å². The highest BCUT2D eigenvalue weighted by molar-refractivity contribution is 7.45. The summed E-state index contributed by atoms with van der Waals surface area (Å²) in [6, 6.07) is -0.922. The van der Waals surface area contributed by atoms with E-state index in [1.165, 1.54) is 161 Å². The number of likely N-dealkylation sites (N-methyl/N-ethyl adjacent to an activating group) is 1. The van der Waals surface area contributed by atoms with E-state index in [1.54, 1.807) is 0 Å². The number of unbranched alkanes of at least 4 members (excludes halogenated alkanes) is 29. The monoisotopic (exact) mass is 1100 g/mol.